The van der Waals surface area contributed by atoms with Gasteiger partial charge in [-0.2, -0.15) is 0 Å². The maximum atomic E-state index is 12.6. The Hall–Kier alpha value is -1.10. The van der Waals surface area contributed by atoms with Gasteiger partial charge in [-0.25, -0.2) is 0 Å². The highest BCUT2D eigenvalue weighted by molar-refractivity contribution is 5.79. The van der Waals surface area contributed by atoms with Crippen molar-refractivity contribution in [2.45, 2.75) is 52.2 Å². The smallest absolute Gasteiger partial charge is 0.225 e. The number of rotatable bonds is 2. The molecule has 0 bridgehead atoms. The van der Waals surface area contributed by atoms with Gasteiger partial charge in [-0.15, -0.1) is 0 Å². The van der Waals surface area contributed by atoms with E-state index >= 15 is 0 Å². The van der Waals surface area contributed by atoms with Crippen molar-refractivity contribution in [1.29, 1.82) is 0 Å². The van der Waals surface area contributed by atoms with Crippen molar-refractivity contribution in [1.82, 2.24) is 10.2 Å². The van der Waals surface area contributed by atoms with Crippen molar-refractivity contribution in [2.24, 2.45) is 17.8 Å². The Morgan fingerprint density at radius 1 is 1.15 bits per heavy atom. The molecule has 1 aliphatic carbocycles. The molecule has 0 aromatic heterocycles. The lowest BCUT2D eigenvalue weighted by Crippen LogP contribution is -2.49. The van der Waals surface area contributed by atoms with Gasteiger partial charge in [0, 0.05) is 25.9 Å². The first-order valence-corrected chi connectivity index (χ1v) is 7.62. The minimum atomic E-state index is -0.528. The summed E-state index contributed by atoms with van der Waals surface area (Å²) in [7, 11) is 0. The molecule has 2 fully saturated rings. The fourth-order valence-corrected chi connectivity index (χ4v) is 3.36. The molecule has 2 aliphatic rings. The molecule has 2 rings (SSSR count). The van der Waals surface area contributed by atoms with Crippen LogP contribution in [0.4, 0.5) is 0 Å². The predicted octanol–water partition coefficient (Wildman–Crippen LogP) is 0.766. The van der Waals surface area contributed by atoms with Crippen LogP contribution in [0.2, 0.25) is 0 Å². The third-order valence-electron chi connectivity index (χ3n) is 4.85. The highest BCUT2D eigenvalue weighted by Crippen LogP contribution is 2.30. The van der Waals surface area contributed by atoms with E-state index in [0.717, 1.165) is 19.5 Å². The monoisotopic (exact) mass is 282 g/mol. The predicted molar refractivity (Wildman–Crippen MR) is 75.9 cm³/mol. The molecule has 0 aromatic carbocycles. The first kappa shape index (κ1) is 15.3. The third-order valence-corrected chi connectivity index (χ3v) is 4.85. The minimum absolute atomic E-state index is 0.0623. The summed E-state index contributed by atoms with van der Waals surface area (Å²) in [5, 5.41) is 12.7. The van der Waals surface area contributed by atoms with Crippen molar-refractivity contribution < 1.29 is 14.7 Å². The van der Waals surface area contributed by atoms with Gasteiger partial charge in [-0.1, -0.05) is 13.8 Å². The van der Waals surface area contributed by atoms with Crippen molar-refractivity contribution in [3.63, 3.8) is 0 Å². The molecular formula is C15H26N2O3. The largest absolute Gasteiger partial charge is 0.391 e. The maximum absolute atomic E-state index is 12.6. The molecule has 5 atom stereocenters. The van der Waals surface area contributed by atoms with Crippen LogP contribution >= 0.6 is 0 Å². The quantitative estimate of drug-likeness (QED) is 0.786. The van der Waals surface area contributed by atoms with Gasteiger partial charge in [0.1, 0.15) is 0 Å². The van der Waals surface area contributed by atoms with Gasteiger partial charge < -0.3 is 15.3 Å². The zero-order valence-electron chi connectivity index (χ0n) is 12.6. The van der Waals surface area contributed by atoms with Crippen LogP contribution in [0.25, 0.3) is 0 Å². The third kappa shape index (κ3) is 3.32. The van der Waals surface area contributed by atoms with E-state index in [4.69, 9.17) is 0 Å². The van der Waals surface area contributed by atoms with E-state index in [2.05, 4.69) is 19.2 Å². The summed E-state index contributed by atoms with van der Waals surface area (Å²) >= 11 is 0. The molecule has 1 saturated heterocycles. The lowest BCUT2D eigenvalue weighted by molar-refractivity contribution is -0.137. The molecule has 114 valence electrons. The topological polar surface area (TPSA) is 69.6 Å². The Kier molecular flexibility index (Phi) is 4.68. The second kappa shape index (κ2) is 6.12. The van der Waals surface area contributed by atoms with Crippen LogP contribution in [0.5, 0.6) is 0 Å². The number of aliphatic hydroxyl groups excluding tert-OH is 1. The Bertz CT molecular complexity index is 375. The number of aliphatic hydroxyl groups is 1. The lowest BCUT2D eigenvalue weighted by atomic mass is 9.83. The standard InChI is InChI=1S/C15H26N2O3/c1-9-7-17(8-10(9)2)15(20)12-4-5-14(19)13(6-12)16-11(3)18/h9-10,12-14,19H,4-8H2,1-3H3,(H,16,18)/t9-,10+,12-,13+,14+/m0/s1. The van der Waals surface area contributed by atoms with Gasteiger partial charge in [0.2, 0.25) is 11.8 Å². The number of amides is 2. The van der Waals surface area contributed by atoms with Crippen LogP contribution in [0.15, 0.2) is 0 Å². The molecule has 0 aromatic rings. The summed E-state index contributed by atoms with van der Waals surface area (Å²) in [5.74, 6) is 1.10. The molecule has 0 unspecified atom stereocenters. The highest BCUT2D eigenvalue weighted by Gasteiger charge is 2.38. The molecule has 5 heteroatoms. The minimum Gasteiger partial charge on any atom is -0.391 e. The normalized spacial score (nSPS) is 37.8. The van der Waals surface area contributed by atoms with Crippen LogP contribution in [-0.2, 0) is 9.59 Å². The first-order valence-electron chi connectivity index (χ1n) is 7.62. The molecule has 0 radical (unpaired) electrons. The van der Waals surface area contributed by atoms with E-state index < -0.39 is 6.10 Å². The van der Waals surface area contributed by atoms with E-state index in [0.29, 0.717) is 24.7 Å². The van der Waals surface area contributed by atoms with Crippen LogP contribution in [0.1, 0.15) is 40.0 Å². The molecule has 0 spiro atoms. The summed E-state index contributed by atoms with van der Waals surface area (Å²) in [6.45, 7) is 7.49. The van der Waals surface area contributed by atoms with Crippen molar-refractivity contribution >= 4 is 11.8 Å². The van der Waals surface area contributed by atoms with Crippen LogP contribution in [0, 0.1) is 17.8 Å². The average molecular weight is 282 g/mol. The molecule has 5 nitrogen and oxygen atoms in total. The van der Waals surface area contributed by atoms with Gasteiger partial charge in [-0.05, 0) is 31.1 Å². The summed E-state index contributed by atoms with van der Waals surface area (Å²) < 4.78 is 0. The van der Waals surface area contributed by atoms with E-state index in [-0.39, 0.29) is 23.8 Å². The van der Waals surface area contributed by atoms with Gasteiger partial charge in [0.05, 0.1) is 12.1 Å². The summed E-state index contributed by atoms with van der Waals surface area (Å²) in [4.78, 5) is 25.7. The van der Waals surface area contributed by atoms with Crippen molar-refractivity contribution in [3.8, 4) is 0 Å². The van der Waals surface area contributed by atoms with Crippen molar-refractivity contribution in [2.75, 3.05) is 13.1 Å². The Labute approximate surface area is 120 Å². The van der Waals surface area contributed by atoms with Gasteiger partial charge in [-0.3, -0.25) is 9.59 Å². The van der Waals surface area contributed by atoms with Crippen LogP contribution in [-0.4, -0.2) is 47.1 Å². The van der Waals surface area contributed by atoms with Crippen LogP contribution in [0.3, 0.4) is 0 Å². The molecule has 1 aliphatic heterocycles. The second-order valence-electron chi connectivity index (χ2n) is 6.58. The van der Waals surface area contributed by atoms with E-state index in [1.54, 1.807) is 0 Å². The Balaban J connectivity index is 1.95. The summed E-state index contributed by atoms with van der Waals surface area (Å²) in [6.07, 6.45) is 1.33. The molecular weight excluding hydrogens is 256 g/mol. The highest BCUT2D eigenvalue weighted by atomic mass is 16.3. The van der Waals surface area contributed by atoms with Crippen LogP contribution < -0.4 is 5.32 Å². The average Bonchev–Trinajstić information content (AvgIpc) is 2.71. The number of nitrogens with zero attached hydrogens (tertiary/aromatic N) is 1. The molecule has 2 N–H and O–H groups in total. The lowest BCUT2D eigenvalue weighted by Gasteiger charge is -2.34. The molecule has 1 heterocycles. The number of likely N-dealkylation sites (tertiary alicyclic amines) is 1. The molecule has 2 amide bonds. The van der Waals surface area contributed by atoms with E-state index in [1.165, 1.54) is 6.92 Å². The zero-order chi connectivity index (χ0) is 14.9. The Morgan fingerprint density at radius 2 is 1.75 bits per heavy atom. The number of carbonyl (C=O) groups excluding carboxylic acids is 2. The first-order chi connectivity index (χ1) is 9.38. The van der Waals surface area contributed by atoms with E-state index in [1.807, 2.05) is 4.90 Å². The Morgan fingerprint density at radius 3 is 2.30 bits per heavy atom. The fourth-order valence-electron chi connectivity index (χ4n) is 3.36. The van der Waals surface area contributed by atoms with Gasteiger partial charge in [0.25, 0.3) is 0 Å². The number of nitrogens with one attached hydrogen (secondary N) is 1. The van der Waals surface area contributed by atoms with Gasteiger partial charge >= 0.3 is 0 Å². The fraction of sp³-hybridized carbons (Fsp3) is 0.867. The molecule has 1 saturated carbocycles. The number of hydrogen-bond donors (Lipinski definition) is 2. The summed E-state index contributed by atoms with van der Waals surface area (Å²) in [6, 6.07) is -0.285. The zero-order valence-corrected chi connectivity index (χ0v) is 12.6. The van der Waals surface area contributed by atoms with E-state index in [9.17, 15) is 14.7 Å². The van der Waals surface area contributed by atoms with Gasteiger partial charge in [0.15, 0.2) is 0 Å². The summed E-state index contributed by atoms with van der Waals surface area (Å²) in [5.41, 5.74) is 0. The SMILES string of the molecule is CC(=O)N[C@@H]1C[C@@H](C(=O)N2C[C@@H](C)[C@@H](C)C2)CC[C@H]1O. The maximum Gasteiger partial charge on any atom is 0.225 e. The number of carbonyl (C=O) groups is 2. The van der Waals surface area contributed by atoms with Crippen molar-refractivity contribution in [3.05, 3.63) is 0 Å². The molecule has 20 heavy (non-hydrogen) atoms. The second-order valence-corrected chi connectivity index (χ2v) is 6.58. The number of hydrogen-bond acceptors (Lipinski definition) is 3.